The summed E-state index contributed by atoms with van der Waals surface area (Å²) in [5, 5.41) is 15.2. The van der Waals surface area contributed by atoms with Crippen molar-refractivity contribution >= 4 is 11.8 Å². The van der Waals surface area contributed by atoms with E-state index in [1.165, 1.54) is 4.80 Å². The van der Waals surface area contributed by atoms with Crippen molar-refractivity contribution < 1.29 is 9.59 Å². The molecule has 0 fully saturated rings. The quantitative estimate of drug-likeness (QED) is 0.698. The Kier molecular flexibility index (Phi) is 6.00. The third-order valence-corrected chi connectivity index (χ3v) is 3.51. The van der Waals surface area contributed by atoms with Crippen LogP contribution in [-0.4, -0.2) is 38.6 Å². The van der Waals surface area contributed by atoms with Gasteiger partial charge in [-0.3, -0.25) is 9.59 Å². The maximum Gasteiger partial charge on any atom is 0.247 e. The molecule has 0 aliphatic heterocycles. The number of carbonyl (C=O) groups excluding carboxylic acids is 2. The Morgan fingerprint density at radius 1 is 1.25 bits per heavy atom. The Morgan fingerprint density at radius 2 is 1.96 bits per heavy atom. The second-order valence-electron chi connectivity index (χ2n) is 5.85. The van der Waals surface area contributed by atoms with E-state index in [9.17, 15) is 9.59 Å². The van der Waals surface area contributed by atoms with Crippen molar-refractivity contribution in [3.63, 3.8) is 0 Å². The molecule has 0 aliphatic carbocycles. The van der Waals surface area contributed by atoms with E-state index in [0.29, 0.717) is 18.8 Å². The first-order valence-corrected chi connectivity index (χ1v) is 7.90. The topological polar surface area (TPSA) is 116 Å². The van der Waals surface area contributed by atoms with Gasteiger partial charge in [0, 0.05) is 18.5 Å². The van der Waals surface area contributed by atoms with Gasteiger partial charge in [0.05, 0.1) is 0 Å². The summed E-state index contributed by atoms with van der Waals surface area (Å²) in [6.45, 7) is 4.21. The summed E-state index contributed by atoms with van der Waals surface area (Å²) >= 11 is 0. The number of primary amides is 1. The van der Waals surface area contributed by atoms with Gasteiger partial charge in [-0.15, -0.1) is 10.2 Å². The molecule has 0 saturated heterocycles. The summed E-state index contributed by atoms with van der Waals surface area (Å²) in [6.07, 6.45) is 0.748. The number of amides is 2. The number of hydrogen-bond donors (Lipinski definition) is 2. The van der Waals surface area contributed by atoms with Crippen molar-refractivity contribution in [2.45, 2.75) is 32.7 Å². The van der Waals surface area contributed by atoms with Crippen molar-refractivity contribution in [2.75, 3.05) is 6.54 Å². The Hall–Kier alpha value is -2.77. The minimum Gasteiger partial charge on any atom is -0.370 e. The van der Waals surface area contributed by atoms with Gasteiger partial charge in [0.25, 0.3) is 0 Å². The Balaban J connectivity index is 2.06. The maximum atomic E-state index is 12.4. The summed E-state index contributed by atoms with van der Waals surface area (Å²) < 4.78 is 0. The monoisotopic (exact) mass is 330 g/mol. The van der Waals surface area contributed by atoms with Crippen LogP contribution in [0.15, 0.2) is 30.3 Å². The van der Waals surface area contributed by atoms with E-state index in [4.69, 9.17) is 5.73 Å². The SMILES string of the molecule is CC(C)[C@H](C(=O)NCCCC(N)=O)n1nnc(-c2ccccc2)n1. The van der Waals surface area contributed by atoms with Crippen LogP contribution in [0.25, 0.3) is 11.4 Å². The van der Waals surface area contributed by atoms with E-state index >= 15 is 0 Å². The molecule has 1 heterocycles. The summed E-state index contributed by atoms with van der Waals surface area (Å²) in [5.74, 6) is -0.122. The molecule has 0 radical (unpaired) electrons. The molecule has 24 heavy (non-hydrogen) atoms. The number of benzene rings is 1. The fourth-order valence-electron chi connectivity index (χ4n) is 2.30. The zero-order chi connectivity index (χ0) is 17.5. The van der Waals surface area contributed by atoms with E-state index in [1.807, 2.05) is 44.2 Å². The number of nitrogens with zero attached hydrogens (tertiary/aromatic N) is 4. The highest BCUT2D eigenvalue weighted by atomic mass is 16.2. The second-order valence-corrected chi connectivity index (χ2v) is 5.85. The van der Waals surface area contributed by atoms with Crippen molar-refractivity contribution in [3.05, 3.63) is 30.3 Å². The lowest BCUT2D eigenvalue weighted by molar-refractivity contribution is -0.126. The molecule has 3 N–H and O–H groups in total. The second kappa shape index (κ2) is 8.19. The van der Waals surface area contributed by atoms with Crippen molar-refractivity contribution in [1.29, 1.82) is 0 Å². The van der Waals surface area contributed by atoms with Crippen LogP contribution in [0, 0.1) is 5.92 Å². The van der Waals surface area contributed by atoms with E-state index in [-0.39, 0.29) is 24.2 Å². The first kappa shape index (κ1) is 17.6. The average molecular weight is 330 g/mol. The fraction of sp³-hybridized carbons (Fsp3) is 0.438. The van der Waals surface area contributed by atoms with E-state index in [0.717, 1.165) is 5.56 Å². The molecule has 8 heteroatoms. The van der Waals surface area contributed by atoms with E-state index < -0.39 is 6.04 Å². The number of aromatic nitrogens is 4. The zero-order valence-corrected chi connectivity index (χ0v) is 13.8. The number of nitrogens with one attached hydrogen (secondary N) is 1. The van der Waals surface area contributed by atoms with Gasteiger partial charge in [0.15, 0.2) is 6.04 Å². The van der Waals surface area contributed by atoms with Gasteiger partial charge in [0.2, 0.25) is 17.6 Å². The van der Waals surface area contributed by atoms with Crippen molar-refractivity contribution in [3.8, 4) is 11.4 Å². The molecule has 0 aliphatic rings. The van der Waals surface area contributed by atoms with Gasteiger partial charge in [-0.25, -0.2) is 0 Å². The third-order valence-electron chi connectivity index (χ3n) is 3.51. The molecule has 1 atom stereocenters. The molecule has 1 aromatic carbocycles. The van der Waals surface area contributed by atoms with Crippen LogP contribution in [0.3, 0.4) is 0 Å². The van der Waals surface area contributed by atoms with Crippen LogP contribution in [0.1, 0.15) is 32.7 Å². The van der Waals surface area contributed by atoms with Crippen LogP contribution in [0.2, 0.25) is 0 Å². The summed E-state index contributed by atoms with van der Waals surface area (Å²) in [4.78, 5) is 24.5. The lowest BCUT2D eigenvalue weighted by Crippen LogP contribution is -2.37. The summed E-state index contributed by atoms with van der Waals surface area (Å²) in [6, 6.07) is 8.89. The molecule has 0 bridgehead atoms. The highest BCUT2D eigenvalue weighted by molar-refractivity contribution is 5.80. The molecule has 0 spiro atoms. The van der Waals surface area contributed by atoms with Crippen molar-refractivity contribution in [2.24, 2.45) is 11.7 Å². The zero-order valence-electron chi connectivity index (χ0n) is 13.8. The van der Waals surface area contributed by atoms with Gasteiger partial charge >= 0.3 is 0 Å². The lowest BCUT2D eigenvalue weighted by atomic mass is 10.0. The van der Waals surface area contributed by atoms with Gasteiger partial charge in [-0.2, -0.15) is 4.80 Å². The molecule has 1 aromatic heterocycles. The van der Waals surface area contributed by atoms with Crippen LogP contribution in [-0.2, 0) is 9.59 Å². The molecule has 0 unspecified atom stereocenters. The van der Waals surface area contributed by atoms with Crippen LogP contribution < -0.4 is 11.1 Å². The number of carbonyl (C=O) groups is 2. The molecule has 128 valence electrons. The van der Waals surface area contributed by atoms with E-state index in [2.05, 4.69) is 20.7 Å². The Morgan fingerprint density at radius 3 is 2.58 bits per heavy atom. The molecule has 2 rings (SSSR count). The average Bonchev–Trinajstić information content (AvgIpc) is 3.01. The number of hydrogen-bond acceptors (Lipinski definition) is 5. The largest absolute Gasteiger partial charge is 0.370 e. The maximum absolute atomic E-state index is 12.4. The number of nitrogens with two attached hydrogens (primary N) is 1. The van der Waals surface area contributed by atoms with Gasteiger partial charge < -0.3 is 11.1 Å². The van der Waals surface area contributed by atoms with Crippen LogP contribution in [0.5, 0.6) is 0 Å². The summed E-state index contributed by atoms with van der Waals surface area (Å²) in [7, 11) is 0. The van der Waals surface area contributed by atoms with Crippen molar-refractivity contribution in [1.82, 2.24) is 25.5 Å². The minimum absolute atomic E-state index is 0.0148. The highest BCUT2D eigenvalue weighted by Crippen LogP contribution is 2.18. The van der Waals surface area contributed by atoms with Gasteiger partial charge in [0.1, 0.15) is 0 Å². The Labute approximate surface area is 140 Å². The van der Waals surface area contributed by atoms with Gasteiger partial charge in [-0.1, -0.05) is 44.2 Å². The molecule has 8 nitrogen and oxygen atoms in total. The van der Waals surface area contributed by atoms with Crippen LogP contribution in [0.4, 0.5) is 0 Å². The highest BCUT2D eigenvalue weighted by Gasteiger charge is 2.26. The van der Waals surface area contributed by atoms with E-state index in [1.54, 1.807) is 0 Å². The first-order valence-electron chi connectivity index (χ1n) is 7.90. The fourth-order valence-corrected chi connectivity index (χ4v) is 2.30. The summed E-state index contributed by atoms with van der Waals surface area (Å²) in [5.41, 5.74) is 5.92. The molecule has 2 aromatic rings. The Bertz CT molecular complexity index is 683. The van der Waals surface area contributed by atoms with Gasteiger partial charge in [-0.05, 0) is 17.6 Å². The molecular weight excluding hydrogens is 308 g/mol. The predicted molar refractivity (Wildman–Crippen MR) is 88.6 cm³/mol. The first-order chi connectivity index (χ1) is 11.5. The van der Waals surface area contributed by atoms with Crippen LogP contribution >= 0.6 is 0 Å². The molecule has 0 saturated carbocycles. The normalized spacial score (nSPS) is 12.1. The lowest BCUT2D eigenvalue weighted by Gasteiger charge is -2.18. The molecular formula is C16H22N6O2. The minimum atomic E-state index is -0.566. The third kappa shape index (κ3) is 4.61. The standard InChI is InChI=1S/C16H22N6O2/c1-11(2)14(16(24)18-10-6-9-13(17)23)22-20-15(19-21-22)12-7-4-3-5-8-12/h3-5,7-8,11,14H,6,9-10H2,1-2H3,(H2,17,23)(H,18,24)/t14-/m1/s1. The number of rotatable bonds is 8. The molecule has 2 amide bonds. The smallest absolute Gasteiger partial charge is 0.247 e. The predicted octanol–water partition coefficient (Wildman–Crippen LogP) is 0.919. The number of tetrazole rings is 1.